The first-order valence-electron chi connectivity index (χ1n) is 10.0. The van der Waals surface area contributed by atoms with Gasteiger partial charge in [0.05, 0.1) is 18.2 Å². The minimum Gasteiger partial charge on any atom is -0.494 e. The van der Waals surface area contributed by atoms with Crippen LogP contribution in [0.4, 0.5) is 14.7 Å². The highest BCUT2D eigenvalue weighted by molar-refractivity contribution is 5.95. The normalized spacial score (nSPS) is 18.0. The summed E-state index contributed by atoms with van der Waals surface area (Å²) in [6, 6.07) is 7.46. The predicted octanol–water partition coefficient (Wildman–Crippen LogP) is 4.76. The number of carbonyl (C=O) groups excluding carboxylic acids is 1. The highest BCUT2D eigenvalue weighted by Crippen LogP contribution is 2.34. The van der Waals surface area contributed by atoms with Crippen molar-refractivity contribution in [2.45, 2.75) is 31.7 Å². The van der Waals surface area contributed by atoms with Crippen LogP contribution in [0, 0.1) is 29.9 Å². The number of carbonyl (C=O) groups is 1. The first-order valence-corrected chi connectivity index (χ1v) is 10.0. The summed E-state index contributed by atoms with van der Waals surface area (Å²) in [6.45, 7) is 0. The number of fused-ring (bicyclic) bond motifs is 1. The van der Waals surface area contributed by atoms with Crippen molar-refractivity contribution >= 4 is 22.6 Å². The SMILES string of the molecule is C#CC(=O)C[C@H]1CCC[C@H]1Nc1ncc2cc(-c3c(F)ccc(OC)c3F)ccc2n1. The Balaban J connectivity index is 1.60. The van der Waals surface area contributed by atoms with Crippen LogP contribution >= 0.6 is 0 Å². The average molecular weight is 421 g/mol. The van der Waals surface area contributed by atoms with Crippen molar-refractivity contribution < 1.29 is 18.3 Å². The van der Waals surface area contributed by atoms with Gasteiger partial charge in [-0.3, -0.25) is 4.79 Å². The number of nitrogens with zero attached hydrogens (tertiary/aromatic N) is 2. The fourth-order valence-electron chi connectivity index (χ4n) is 4.15. The monoisotopic (exact) mass is 421 g/mol. The second-order valence-electron chi connectivity index (χ2n) is 7.62. The summed E-state index contributed by atoms with van der Waals surface area (Å²) >= 11 is 0. The molecule has 0 saturated heterocycles. The number of benzene rings is 2. The Morgan fingerprint density at radius 1 is 1.29 bits per heavy atom. The molecule has 0 aliphatic heterocycles. The number of anilines is 1. The Morgan fingerprint density at radius 2 is 2.13 bits per heavy atom. The van der Waals surface area contributed by atoms with Crippen LogP contribution in [0.25, 0.3) is 22.0 Å². The minimum atomic E-state index is -0.755. The van der Waals surface area contributed by atoms with E-state index in [4.69, 9.17) is 11.2 Å². The maximum Gasteiger partial charge on any atom is 0.223 e. The van der Waals surface area contributed by atoms with Crippen molar-refractivity contribution in [2.24, 2.45) is 5.92 Å². The number of terminal acetylenes is 1. The lowest BCUT2D eigenvalue weighted by molar-refractivity contribution is -0.114. The number of ether oxygens (including phenoxy) is 1. The van der Waals surface area contributed by atoms with Crippen LogP contribution in [0.3, 0.4) is 0 Å². The number of hydrogen-bond donors (Lipinski definition) is 1. The molecule has 1 aliphatic rings. The first-order chi connectivity index (χ1) is 15.0. The van der Waals surface area contributed by atoms with E-state index in [1.807, 2.05) is 0 Å². The molecule has 1 fully saturated rings. The van der Waals surface area contributed by atoms with Crippen molar-refractivity contribution in [1.82, 2.24) is 9.97 Å². The van der Waals surface area contributed by atoms with Gasteiger partial charge in [0.25, 0.3) is 0 Å². The minimum absolute atomic E-state index is 0.0262. The molecule has 1 heterocycles. The van der Waals surface area contributed by atoms with Crippen LogP contribution < -0.4 is 10.1 Å². The Kier molecular flexibility index (Phi) is 5.81. The number of hydrogen-bond acceptors (Lipinski definition) is 5. The van der Waals surface area contributed by atoms with Gasteiger partial charge in [0.1, 0.15) is 5.82 Å². The van der Waals surface area contributed by atoms with Crippen molar-refractivity contribution in [3.05, 3.63) is 48.2 Å². The molecule has 1 N–H and O–H groups in total. The summed E-state index contributed by atoms with van der Waals surface area (Å²) in [5.41, 5.74) is 0.851. The van der Waals surface area contributed by atoms with Crippen molar-refractivity contribution in [1.29, 1.82) is 0 Å². The van der Waals surface area contributed by atoms with Gasteiger partial charge in [-0.05, 0) is 54.5 Å². The van der Waals surface area contributed by atoms with Gasteiger partial charge >= 0.3 is 0 Å². The summed E-state index contributed by atoms with van der Waals surface area (Å²) in [4.78, 5) is 20.5. The molecule has 0 radical (unpaired) electrons. The topological polar surface area (TPSA) is 64.1 Å². The number of halogens is 2. The zero-order valence-corrected chi connectivity index (χ0v) is 17.0. The van der Waals surface area contributed by atoms with Crippen molar-refractivity contribution in [3.63, 3.8) is 0 Å². The smallest absolute Gasteiger partial charge is 0.223 e. The molecule has 1 aliphatic carbocycles. The average Bonchev–Trinajstić information content (AvgIpc) is 3.20. The molecule has 2 aromatic carbocycles. The van der Waals surface area contributed by atoms with Crippen LogP contribution in [0.1, 0.15) is 25.7 Å². The second-order valence-corrected chi connectivity index (χ2v) is 7.62. The standard InChI is InChI=1S/C24H21F2N3O2/c1-3-17(30)12-14-5-4-6-19(14)28-24-27-13-16-11-15(7-9-20(16)29-24)22-18(25)8-10-21(31-2)23(22)26/h1,7-11,13-14,19H,4-6,12H2,2H3,(H,27,28,29)/t14-,19-/m1/s1. The van der Waals surface area contributed by atoms with Gasteiger partial charge in [-0.2, -0.15) is 0 Å². The number of nitrogens with one attached hydrogen (secondary N) is 1. The zero-order chi connectivity index (χ0) is 22.0. The molecule has 0 bridgehead atoms. The van der Waals surface area contributed by atoms with Crippen LogP contribution in [0.2, 0.25) is 0 Å². The molecule has 5 nitrogen and oxygen atoms in total. The maximum atomic E-state index is 14.6. The predicted molar refractivity (Wildman–Crippen MR) is 115 cm³/mol. The van der Waals surface area contributed by atoms with Crippen LogP contribution in [-0.2, 0) is 4.79 Å². The Morgan fingerprint density at radius 3 is 2.90 bits per heavy atom. The molecule has 1 aromatic heterocycles. The summed E-state index contributed by atoms with van der Waals surface area (Å²) in [7, 11) is 1.33. The lowest BCUT2D eigenvalue weighted by Gasteiger charge is -2.19. The molecular weight excluding hydrogens is 400 g/mol. The third kappa shape index (κ3) is 4.19. The van der Waals surface area contributed by atoms with E-state index in [0.717, 1.165) is 19.3 Å². The van der Waals surface area contributed by atoms with Crippen LogP contribution in [0.15, 0.2) is 36.5 Å². The summed E-state index contributed by atoms with van der Waals surface area (Å²) < 4.78 is 33.9. The lowest BCUT2D eigenvalue weighted by atomic mass is 9.97. The van der Waals surface area contributed by atoms with E-state index in [1.165, 1.54) is 19.2 Å². The van der Waals surface area contributed by atoms with E-state index >= 15 is 0 Å². The summed E-state index contributed by atoms with van der Waals surface area (Å²) in [5.74, 6) is 1.13. The Bertz CT molecular complexity index is 1190. The van der Waals surface area contributed by atoms with Crippen LogP contribution in [0.5, 0.6) is 5.75 Å². The number of rotatable bonds is 6. The third-order valence-corrected chi connectivity index (χ3v) is 5.73. The number of methoxy groups -OCH3 is 1. The van der Waals surface area contributed by atoms with Crippen molar-refractivity contribution in [3.8, 4) is 29.2 Å². The molecule has 1 saturated carbocycles. The van der Waals surface area contributed by atoms with Gasteiger partial charge in [-0.15, -0.1) is 6.42 Å². The molecule has 158 valence electrons. The van der Waals surface area contributed by atoms with Gasteiger partial charge in [-0.25, -0.2) is 18.7 Å². The molecule has 0 amide bonds. The van der Waals surface area contributed by atoms with E-state index < -0.39 is 11.6 Å². The van der Waals surface area contributed by atoms with E-state index in [9.17, 15) is 13.6 Å². The van der Waals surface area contributed by atoms with Gasteiger partial charge in [0.2, 0.25) is 11.7 Å². The quantitative estimate of drug-likeness (QED) is 0.459. The lowest BCUT2D eigenvalue weighted by Crippen LogP contribution is -2.26. The number of Topliss-reactive ketones (excluding diaryl/α,β-unsaturated/α-hetero) is 1. The fraction of sp³-hybridized carbons (Fsp3) is 0.292. The van der Waals surface area contributed by atoms with Gasteiger partial charge in [0, 0.05) is 24.0 Å². The van der Waals surface area contributed by atoms with Gasteiger partial charge in [0.15, 0.2) is 11.6 Å². The van der Waals surface area contributed by atoms with Gasteiger partial charge < -0.3 is 10.1 Å². The number of aromatic nitrogens is 2. The molecule has 0 spiro atoms. The molecule has 4 rings (SSSR count). The highest BCUT2D eigenvalue weighted by atomic mass is 19.1. The molecular formula is C24H21F2N3O2. The number of ketones is 1. The third-order valence-electron chi connectivity index (χ3n) is 5.73. The Labute approximate surface area is 178 Å². The first kappa shape index (κ1) is 20.7. The Hall–Kier alpha value is -3.53. The van der Waals surface area contributed by atoms with E-state index in [2.05, 4.69) is 21.2 Å². The molecule has 2 atom stereocenters. The van der Waals surface area contributed by atoms with Crippen molar-refractivity contribution in [2.75, 3.05) is 12.4 Å². The molecule has 0 unspecified atom stereocenters. The fourth-order valence-corrected chi connectivity index (χ4v) is 4.15. The zero-order valence-electron chi connectivity index (χ0n) is 17.0. The van der Waals surface area contributed by atoms with E-state index in [-0.39, 0.29) is 29.1 Å². The summed E-state index contributed by atoms with van der Waals surface area (Å²) in [6.07, 6.45) is 10.0. The molecule has 7 heteroatoms. The summed E-state index contributed by atoms with van der Waals surface area (Å²) in [5, 5.41) is 3.96. The van der Waals surface area contributed by atoms with E-state index in [1.54, 1.807) is 24.4 Å². The van der Waals surface area contributed by atoms with E-state index in [0.29, 0.717) is 28.8 Å². The largest absolute Gasteiger partial charge is 0.494 e. The van der Waals surface area contributed by atoms with Gasteiger partial charge in [-0.1, -0.05) is 12.5 Å². The second kappa shape index (κ2) is 8.68. The van der Waals surface area contributed by atoms with Crippen LogP contribution in [-0.4, -0.2) is 28.9 Å². The molecule has 3 aromatic rings. The molecule has 31 heavy (non-hydrogen) atoms. The highest BCUT2D eigenvalue weighted by Gasteiger charge is 2.29. The maximum absolute atomic E-state index is 14.6.